The standard InChI is InChI=1S/C21H30N2O4S/c1-13(2)20(25)23-11-9-14(10-12-23)18(24)22-19-17(21(26)27-3)15-7-5-4-6-8-16(15)28-19/h13-14H,4-12H2,1-3H3,(H,22,24). The lowest BCUT2D eigenvalue weighted by atomic mass is 9.95. The summed E-state index contributed by atoms with van der Waals surface area (Å²) in [5, 5.41) is 3.64. The zero-order valence-electron chi connectivity index (χ0n) is 17.0. The number of thiophene rings is 1. The lowest BCUT2D eigenvalue weighted by Gasteiger charge is -2.32. The number of nitrogens with zero attached hydrogens (tertiary/aromatic N) is 1. The highest BCUT2D eigenvalue weighted by Crippen LogP contribution is 2.38. The van der Waals surface area contributed by atoms with Gasteiger partial charge >= 0.3 is 5.97 Å². The molecule has 0 saturated carbocycles. The smallest absolute Gasteiger partial charge is 0.341 e. The van der Waals surface area contributed by atoms with Crippen LogP contribution in [0.15, 0.2) is 0 Å². The van der Waals surface area contributed by atoms with E-state index < -0.39 is 0 Å². The third kappa shape index (κ3) is 4.40. The van der Waals surface area contributed by atoms with Gasteiger partial charge in [-0.1, -0.05) is 20.3 Å². The molecule has 0 radical (unpaired) electrons. The third-order valence-electron chi connectivity index (χ3n) is 5.72. The van der Waals surface area contributed by atoms with Crippen molar-refractivity contribution in [2.24, 2.45) is 11.8 Å². The number of nitrogens with one attached hydrogen (secondary N) is 1. The molecule has 6 nitrogen and oxygen atoms in total. The molecule has 2 amide bonds. The Bertz CT molecular complexity index is 748. The molecule has 1 N–H and O–H groups in total. The van der Waals surface area contributed by atoms with Gasteiger partial charge in [-0.2, -0.15) is 0 Å². The number of likely N-dealkylation sites (tertiary alicyclic amines) is 1. The first kappa shape index (κ1) is 20.8. The van der Waals surface area contributed by atoms with E-state index in [0.29, 0.717) is 36.5 Å². The second kappa shape index (κ2) is 9.07. The topological polar surface area (TPSA) is 75.7 Å². The van der Waals surface area contributed by atoms with Gasteiger partial charge in [0.2, 0.25) is 11.8 Å². The number of hydrogen-bond acceptors (Lipinski definition) is 5. The summed E-state index contributed by atoms with van der Waals surface area (Å²) in [6.45, 7) is 5.02. The van der Waals surface area contributed by atoms with Gasteiger partial charge in [0, 0.05) is 29.8 Å². The van der Waals surface area contributed by atoms with Crippen LogP contribution in [0.3, 0.4) is 0 Å². The predicted octanol–water partition coefficient (Wildman–Crippen LogP) is 3.64. The van der Waals surface area contributed by atoms with E-state index in [9.17, 15) is 14.4 Å². The number of hydrogen-bond donors (Lipinski definition) is 1. The summed E-state index contributed by atoms with van der Waals surface area (Å²) in [5.74, 6) is -0.433. The van der Waals surface area contributed by atoms with E-state index in [1.165, 1.54) is 23.3 Å². The zero-order valence-corrected chi connectivity index (χ0v) is 17.8. The van der Waals surface area contributed by atoms with Crippen LogP contribution in [-0.2, 0) is 27.2 Å². The number of ether oxygens (including phenoxy) is 1. The van der Waals surface area contributed by atoms with Gasteiger partial charge in [0.15, 0.2) is 0 Å². The summed E-state index contributed by atoms with van der Waals surface area (Å²) < 4.78 is 5.00. The number of esters is 1. The Morgan fingerprint density at radius 2 is 1.79 bits per heavy atom. The maximum atomic E-state index is 12.9. The van der Waals surface area contributed by atoms with E-state index in [1.807, 2.05) is 18.7 Å². The molecule has 28 heavy (non-hydrogen) atoms. The van der Waals surface area contributed by atoms with E-state index in [1.54, 1.807) is 0 Å². The van der Waals surface area contributed by atoms with Crippen LogP contribution in [0.25, 0.3) is 0 Å². The fraction of sp³-hybridized carbons (Fsp3) is 0.667. The Hall–Kier alpha value is -1.89. The van der Waals surface area contributed by atoms with Crippen molar-refractivity contribution in [2.75, 3.05) is 25.5 Å². The summed E-state index contributed by atoms with van der Waals surface area (Å²) in [4.78, 5) is 40.5. The fourth-order valence-electron chi connectivity index (χ4n) is 4.09. The molecule has 7 heteroatoms. The minimum absolute atomic E-state index is 0.0190. The van der Waals surface area contributed by atoms with Crippen molar-refractivity contribution in [1.82, 2.24) is 4.90 Å². The number of fused-ring (bicyclic) bond motifs is 1. The molecule has 2 heterocycles. The molecule has 0 aromatic carbocycles. The normalized spacial score (nSPS) is 17.8. The summed E-state index contributed by atoms with van der Waals surface area (Å²) in [5.41, 5.74) is 1.60. The van der Waals surface area contributed by atoms with E-state index in [4.69, 9.17) is 4.74 Å². The molecule has 0 spiro atoms. The quantitative estimate of drug-likeness (QED) is 0.612. The summed E-state index contributed by atoms with van der Waals surface area (Å²) in [6, 6.07) is 0. The van der Waals surface area contributed by atoms with Gasteiger partial charge in [0.05, 0.1) is 12.7 Å². The second-order valence-electron chi connectivity index (χ2n) is 8.00. The van der Waals surface area contributed by atoms with Crippen LogP contribution in [-0.4, -0.2) is 42.9 Å². The van der Waals surface area contributed by atoms with Crippen LogP contribution in [0, 0.1) is 11.8 Å². The molecule has 1 aliphatic heterocycles. The average molecular weight is 407 g/mol. The predicted molar refractivity (Wildman–Crippen MR) is 110 cm³/mol. The second-order valence-corrected chi connectivity index (χ2v) is 9.11. The van der Waals surface area contributed by atoms with Gasteiger partial charge in [-0.05, 0) is 44.1 Å². The van der Waals surface area contributed by atoms with Crippen LogP contribution >= 0.6 is 11.3 Å². The van der Waals surface area contributed by atoms with Crippen LogP contribution < -0.4 is 5.32 Å². The summed E-state index contributed by atoms with van der Waals surface area (Å²) in [7, 11) is 1.39. The Morgan fingerprint density at radius 3 is 2.43 bits per heavy atom. The number of methoxy groups -OCH3 is 1. The van der Waals surface area contributed by atoms with Crippen molar-refractivity contribution in [1.29, 1.82) is 0 Å². The molecule has 154 valence electrons. The largest absolute Gasteiger partial charge is 0.465 e. The van der Waals surface area contributed by atoms with E-state index >= 15 is 0 Å². The maximum absolute atomic E-state index is 12.9. The summed E-state index contributed by atoms with van der Waals surface area (Å²) >= 11 is 1.52. The van der Waals surface area contributed by atoms with E-state index in [-0.39, 0.29) is 29.6 Å². The molecule has 3 rings (SSSR count). The Morgan fingerprint density at radius 1 is 1.11 bits per heavy atom. The highest BCUT2D eigenvalue weighted by Gasteiger charge is 2.31. The van der Waals surface area contributed by atoms with Gasteiger partial charge in [0.1, 0.15) is 5.00 Å². The number of carbonyl (C=O) groups excluding carboxylic acids is 3. The average Bonchev–Trinajstić information content (AvgIpc) is 2.87. The number of rotatable bonds is 4. The van der Waals surface area contributed by atoms with E-state index in [0.717, 1.165) is 37.7 Å². The van der Waals surface area contributed by atoms with Crippen molar-refractivity contribution < 1.29 is 19.1 Å². The highest BCUT2D eigenvalue weighted by atomic mass is 32.1. The highest BCUT2D eigenvalue weighted by molar-refractivity contribution is 7.17. The van der Waals surface area contributed by atoms with Crippen LogP contribution in [0.5, 0.6) is 0 Å². The van der Waals surface area contributed by atoms with Gasteiger partial charge in [-0.25, -0.2) is 4.79 Å². The molecule has 1 fully saturated rings. The number of amides is 2. The van der Waals surface area contributed by atoms with Crippen molar-refractivity contribution >= 4 is 34.1 Å². The Balaban J connectivity index is 1.71. The molecule has 0 atom stereocenters. The number of aryl methyl sites for hydroxylation is 1. The number of anilines is 1. The lowest BCUT2D eigenvalue weighted by Crippen LogP contribution is -2.43. The van der Waals surface area contributed by atoms with Gasteiger partial charge in [0.25, 0.3) is 0 Å². The molecule has 1 aliphatic carbocycles. The van der Waals surface area contributed by atoms with Gasteiger partial charge in [-0.15, -0.1) is 11.3 Å². The molecular formula is C21H30N2O4S. The molecule has 0 unspecified atom stereocenters. The zero-order chi connectivity index (χ0) is 20.3. The SMILES string of the molecule is COC(=O)c1c(NC(=O)C2CCN(C(=O)C(C)C)CC2)sc2c1CCCCC2. The minimum Gasteiger partial charge on any atom is -0.465 e. The van der Waals surface area contributed by atoms with Crippen LogP contribution in [0.1, 0.15) is 66.8 Å². The first-order valence-electron chi connectivity index (χ1n) is 10.2. The third-order valence-corrected chi connectivity index (χ3v) is 6.93. The lowest BCUT2D eigenvalue weighted by molar-refractivity contribution is -0.137. The Kier molecular flexibility index (Phi) is 6.75. The molecule has 1 aromatic heterocycles. The van der Waals surface area contributed by atoms with Gasteiger partial charge in [-0.3, -0.25) is 9.59 Å². The van der Waals surface area contributed by atoms with Crippen molar-refractivity contribution in [3.63, 3.8) is 0 Å². The first-order chi connectivity index (χ1) is 13.4. The number of piperidine rings is 1. The Labute approximate surface area is 170 Å². The van der Waals surface area contributed by atoms with E-state index in [2.05, 4.69) is 5.32 Å². The van der Waals surface area contributed by atoms with Crippen LogP contribution in [0.2, 0.25) is 0 Å². The molecule has 1 aromatic rings. The molecule has 2 aliphatic rings. The van der Waals surface area contributed by atoms with Gasteiger partial charge < -0.3 is 15.0 Å². The van der Waals surface area contributed by atoms with Crippen molar-refractivity contribution in [2.45, 2.75) is 58.8 Å². The minimum atomic E-state index is -0.368. The van der Waals surface area contributed by atoms with Crippen molar-refractivity contribution in [3.05, 3.63) is 16.0 Å². The fourth-order valence-corrected chi connectivity index (χ4v) is 5.37. The molecular weight excluding hydrogens is 376 g/mol. The monoisotopic (exact) mass is 406 g/mol. The summed E-state index contributed by atoms with van der Waals surface area (Å²) in [6.07, 6.45) is 6.47. The number of carbonyl (C=O) groups is 3. The molecule has 1 saturated heterocycles. The van der Waals surface area contributed by atoms with Crippen LogP contribution in [0.4, 0.5) is 5.00 Å². The first-order valence-corrected chi connectivity index (χ1v) is 11.1. The van der Waals surface area contributed by atoms with Crippen molar-refractivity contribution in [3.8, 4) is 0 Å². The molecule has 0 bridgehead atoms. The maximum Gasteiger partial charge on any atom is 0.341 e.